The van der Waals surface area contributed by atoms with Crippen molar-refractivity contribution in [1.82, 2.24) is 14.9 Å². The Morgan fingerprint density at radius 2 is 1.69 bits per heavy atom. The molecule has 1 aromatic carbocycles. The molecule has 0 saturated carbocycles. The van der Waals surface area contributed by atoms with Crippen molar-refractivity contribution in [2.75, 3.05) is 36.4 Å². The van der Waals surface area contributed by atoms with Gasteiger partial charge >= 0.3 is 0 Å². The van der Waals surface area contributed by atoms with E-state index in [1.54, 1.807) is 24.5 Å². The first-order chi connectivity index (χ1) is 12.2. The fraction of sp³-hybridized carbons (Fsp3) is 0.389. The zero-order chi connectivity index (χ0) is 17.2. The highest BCUT2D eigenvalue weighted by atomic mass is 79.9. The largest absolute Gasteiger partial charge is 0.336 e. The summed E-state index contributed by atoms with van der Waals surface area (Å²) < 4.78 is 0.944. The monoisotopic (exact) mass is 437 g/mol. The molecule has 0 radical (unpaired) electrons. The van der Waals surface area contributed by atoms with E-state index in [1.165, 1.54) is 25.9 Å². The van der Waals surface area contributed by atoms with Gasteiger partial charge in [-0.05, 0) is 37.1 Å². The fourth-order valence-electron chi connectivity index (χ4n) is 3.49. The molecule has 0 aliphatic carbocycles. The van der Waals surface area contributed by atoms with Crippen LogP contribution in [-0.2, 0) is 0 Å². The molecule has 0 spiro atoms. The van der Waals surface area contributed by atoms with Gasteiger partial charge in [0.1, 0.15) is 0 Å². The maximum absolute atomic E-state index is 12.3. The molecule has 3 aliphatic heterocycles. The van der Waals surface area contributed by atoms with Gasteiger partial charge in [0.15, 0.2) is 0 Å². The summed E-state index contributed by atoms with van der Waals surface area (Å²) in [5.74, 6) is 0.598. The van der Waals surface area contributed by atoms with Crippen LogP contribution in [0.5, 0.6) is 0 Å². The molecular formula is C18H21BrClN5O. The number of rotatable bonds is 3. The number of carbonyl (C=O) groups excluding carboxylic acids is 1. The molecule has 6 nitrogen and oxygen atoms in total. The van der Waals surface area contributed by atoms with Gasteiger partial charge in [-0.1, -0.05) is 15.9 Å². The third-order valence-electron chi connectivity index (χ3n) is 4.91. The van der Waals surface area contributed by atoms with Crippen LogP contribution in [0.1, 0.15) is 23.2 Å². The smallest absolute Gasteiger partial charge is 0.255 e. The quantitative estimate of drug-likeness (QED) is 0.797. The van der Waals surface area contributed by atoms with Gasteiger partial charge in [0.25, 0.3) is 5.91 Å². The Hall–Kier alpha value is -1.70. The van der Waals surface area contributed by atoms with Crippen LogP contribution in [0.2, 0.25) is 0 Å². The molecule has 3 saturated heterocycles. The normalized spacial score (nSPS) is 21.7. The second-order valence-electron chi connectivity index (χ2n) is 6.50. The van der Waals surface area contributed by atoms with Crippen molar-refractivity contribution >= 4 is 45.9 Å². The number of nitrogens with one attached hydrogen (secondary N) is 1. The zero-order valence-corrected chi connectivity index (χ0v) is 16.7. The van der Waals surface area contributed by atoms with Gasteiger partial charge in [-0.15, -0.1) is 12.4 Å². The van der Waals surface area contributed by atoms with Crippen LogP contribution in [0.15, 0.2) is 41.1 Å². The molecule has 26 heavy (non-hydrogen) atoms. The lowest BCUT2D eigenvalue weighted by molar-refractivity contribution is 0.102. The molecule has 5 rings (SSSR count). The highest BCUT2D eigenvalue weighted by molar-refractivity contribution is 9.10. The van der Waals surface area contributed by atoms with E-state index in [-0.39, 0.29) is 18.3 Å². The summed E-state index contributed by atoms with van der Waals surface area (Å²) in [6.45, 7) is 4.38. The van der Waals surface area contributed by atoms with Crippen LogP contribution in [0.4, 0.5) is 11.6 Å². The predicted octanol–water partition coefficient (Wildman–Crippen LogP) is 3.20. The number of aromatic nitrogens is 2. The summed E-state index contributed by atoms with van der Waals surface area (Å²) in [6.07, 6.45) is 5.73. The minimum atomic E-state index is -0.162. The molecule has 3 fully saturated rings. The van der Waals surface area contributed by atoms with Gasteiger partial charge in [0, 0.05) is 42.3 Å². The number of piperidine rings is 1. The Morgan fingerprint density at radius 3 is 2.35 bits per heavy atom. The van der Waals surface area contributed by atoms with E-state index in [4.69, 9.17) is 0 Å². The molecule has 1 N–H and O–H groups in total. The third-order valence-corrected chi connectivity index (χ3v) is 5.44. The Bertz CT molecular complexity index is 747. The number of fused-ring (bicyclic) bond motifs is 4. The standard InChI is InChI=1S/C18H20BrN5O.ClH/c19-14-3-1-13(2-4-14)17(25)22-15-11-20-18(21-12-15)24-10-9-23-7-5-16(24)6-8-23;/h1-4,11-12,16H,5-10H2,(H,22,25);1H. The highest BCUT2D eigenvalue weighted by Crippen LogP contribution is 2.24. The van der Waals surface area contributed by atoms with E-state index in [0.717, 1.165) is 23.5 Å². The van der Waals surface area contributed by atoms with Crippen LogP contribution in [0.25, 0.3) is 0 Å². The number of hydrogen-bond donors (Lipinski definition) is 1. The van der Waals surface area contributed by atoms with Crippen LogP contribution < -0.4 is 10.2 Å². The number of carbonyl (C=O) groups is 1. The van der Waals surface area contributed by atoms with Gasteiger partial charge < -0.3 is 15.1 Å². The summed E-state index contributed by atoms with van der Waals surface area (Å²) in [5, 5.41) is 2.85. The number of halogens is 2. The topological polar surface area (TPSA) is 61.4 Å². The third kappa shape index (κ3) is 4.16. The molecule has 2 bridgehead atoms. The Balaban J connectivity index is 0.00000196. The van der Waals surface area contributed by atoms with Crippen molar-refractivity contribution in [2.24, 2.45) is 0 Å². The SMILES string of the molecule is Cl.O=C(Nc1cnc(N2CCN3CCC2CC3)nc1)c1ccc(Br)cc1. The first-order valence-electron chi connectivity index (χ1n) is 8.57. The summed E-state index contributed by atoms with van der Waals surface area (Å²) in [5.41, 5.74) is 1.21. The van der Waals surface area contributed by atoms with Crippen molar-refractivity contribution in [3.8, 4) is 0 Å². The zero-order valence-electron chi connectivity index (χ0n) is 14.3. The van der Waals surface area contributed by atoms with Crippen molar-refractivity contribution in [3.63, 3.8) is 0 Å². The van der Waals surface area contributed by atoms with E-state index in [2.05, 4.69) is 41.0 Å². The Labute approximate surface area is 167 Å². The van der Waals surface area contributed by atoms with E-state index >= 15 is 0 Å². The second kappa shape index (κ2) is 8.33. The average Bonchev–Trinajstić information content (AvgIpc) is 2.97. The first-order valence-corrected chi connectivity index (χ1v) is 9.36. The number of nitrogens with zero attached hydrogens (tertiary/aromatic N) is 4. The second-order valence-corrected chi connectivity index (χ2v) is 7.41. The van der Waals surface area contributed by atoms with Crippen molar-refractivity contribution < 1.29 is 4.79 Å². The molecule has 0 atom stereocenters. The minimum Gasteiger partial charge on any atom is -0.336 e. The number of anilines is 2. The summed E-state index contributed by atoms with van der Waals surface area (Å²) in [4.78, 5) is 26.1. The maximum Gasteiger partial charge on any atom is 0.255 e. The fourth-order valence-corrected chi connectivity index (χ4v) is 3.75. The van der Waals surface area contributed by atoms with Gasteiger partial charge in [0.2, 0.25) is 5.95 Å². The van der Waals surface area contributed by atoms with E-state index in [0.29, 0.717) is 17.3 Å². The van der Waals surface area contributed by atoms with Crippen LogP contribution in [-0.4, -0.2) is 53.0 Å². The maximum atomic E-state index is 12.3. The van der Waals surface area contributed by atoms with E-state index in [1.807, 2.05) is 12.1 Å². The molecule has 2 aromatic rings. The van der Waals surface area contributed by atoms with E-state index < -0.39 is 0 Å². The number of benzene rings is 1. The predicted molar refractivity (Wildman–Crippen MR) is 108 cm³/mol. The van der Waals surface area contributed by atoms with Gasteiger partial charge in [-0.3, -0.25) is 4.79 Å². The highest BCUT2D eigenvalue weighted by Gasteiger charge is 2.30. The van der Waals surface area contributed by atoms with Gasteiger partial charge in [0.05, 0.1) is 18.1 Å². The Morgan fingerprint density at radius 1 is 1.04 bits per heavy atom. The molecular weight excluding hydrogens is 418 g/mol. The molecule has 138 valence electrons. The van der Waals surface area contributed by atoms with Gasteiger partial charge in [-0.25, -0.2) is 9.97 Å². The van der Waals surface area contributed by atoms with Crippen LogP contribution >= 0.6 is 28.3 Å². The molecule has 8 heteroatoms. The van der Waals surface area contributed by atoms with Crippen molar-refractivity contribution in [2.45, 2.75) is 18.9 Å². The van der Waals surface area contributed by atoms with E-state index in [9.17, 15) is 4.79 Å². The number of hydrogen-bond acceptors (Lipinski definition) is 5. The summed E-state index contributed by atoms with van der Waals surface area (Å²) in [6, 6.07) is 7.77. The number of amides is 1. The van der Waals surface area contributed by atoms with Crippen molar-refractivity contribution in [1.29, 1.82) is 0 Å². The first kappa shape index (κ1) is 19.1. The molecule has 3 aliphatic rings. The van der Waals surface area contributed by atoms with Crippen LogP contribution in [0, 0.1) is 0 Å². The average molecular weight is 439 g/mol. The molecule has 1 aromatic heterocycles. The molecule has 1 amide bonds. The van der Waals surface area contributed by atoms with Crippen molar-refractivity contribution in [3.05, 3.63) is 46.7 Å². The summed E-state index contributed by atoms with van der Waals surface area (Å²) >= 11 is 3.37. The summed E-state index contributed by atoms with van der Waals surface area (Å²) in [7, 11) is 0. The van der Waals surface area contributed by atoms with Gasteiger partial charge in [-0.2, -0.15) is 0 Å². The lowest BCUT2D eigenvalue weighted by atomic mass is 10.1. The lowest BCUT2D eigenvalue weighted by Gasteiger charge is -2.31. The Kier molecular flexibility index (Phi) is 6.11. The van der Waals surface area contributed by atoms with Crippen LogP contribution in [0.3, 0.4) is 0 Å². The minimum absolute atomic E-state index is 0. The molecule has 4 heterocycles. The lowest BCUT2D eigenvalue weighted by Crippen LogP contribution is -2.38. The molecule has 0 unspecified atom stereocenters.